The average molecular weight is 720 g/mol. The van der Waals surface area contributed by atoms with Crippen LogP contribution in [0.25, 0.3) is 0 Å². The summed E-state index contributed by atoms with van der Waals surface area (Å²) in [6, 6.07) is -0.705. The number of hydrogen-bond acceptors (Lipinski definition) is 3. The smallest absolute Gasteiger partial charge is 0.224 e. The molecule has 0 aliphatic heterocycles. The molecule has 1 amide bonds. The average Bonchev–Trinajstić information content (AvgIpc) is 3.15. The molecular formula is C48H81NO3. The van der Waals surface area contributed by atoms with Crippen molar-refractivity contribution in [3.05, 3.63) is 97.2 Å². The molecule has 0 radical (unpaired) electrons. The number of amides is 1. The number of allylic oxidation sites excluding steroid dienone is 14. The lowest BCUT2D eigenvalue weighted by atomic mass is 10.0. The molecule has 0 rings (SSSR count). The van der Waals surface area contributed by atoms with E-state index < -0.39 is 12.1 Å². The monoisotopic (exact) mass is 720 g/mol. The van der Waals surface area contributed by atoms with E-state index in [9.17, 15) is 15.0 Å². The molecule has 52 heavy (non-hydrogen) atoms. The summed E-state index contributed by atoms with van der Waals surface area (Å²) in [7, 11) is 0. The van der Waals surface area contributed by atoms with Crippen molar-refractivity contribution in [1.29, 1.82) is 0 Å². The van der Waals surface area contributed by atoms with Crippen molar-refractivity contribution in [2.24, 2.45) is 0 Å². The number of aliphatic hydroxyl groups excluding tert-OH is 2. The van der Waals surface area contributed by atoms with Crippen LogP contribution in [0, 0.1) is 0 Å². The molecule has 0 heterocycles. The highest BCUT2D eigenvalue weighted by Gasteiger charge is 2.17. The zero-order valence-electron chi connectivity index (χ0n) is 33.8. The lowest BCUT2D eigenvalue weighted by Crippen LogP contribution is -2.44. The van der Waals surface area contributed by atoms with E-state index in [1.165, 1.54) is 103 Å². The highest BCUT2D eigenvalue weighted by molar-refractivity contribution is 5.77. The summed E-state index contributed by atoms with van der Waals surface area (Å²) in [5.41, 5.74) is 0. The van der Waals surface area contributed by atoms with Crippen LogP contribution in [0.5, 0.6) is 0 Å². The molecule has 0 saturated carbocycles. The molecule has 0 aromatic rings. The molecule has 0 spiro atoms. The summed E-state index contributed by atoms with van der Waals surface area (Å²) in [5, 5.41) is 22.8. The third-order valence-electron chi connectivity index (χ3n) is 9.06. The van der Waals surface area contributed by atoms with Crippen LogP contribution in [0.1, 0.15) is 181 Å². The fraction of sp³-hybridized carbons (Fsp3) is 0.646. The minimum Gasteiger partial charge on any atom is -0.394 e. The van der Waals surface area contributed by atoms with Crippen LogP contribution >= 0.6 is 0 Å². The number of rotatable bonds is 37. The normalized spacial score (nSPS) is 14.0. The fourth-order valence-corrected chi connectivity index (χ4v) is 5.81. The molecule has 4 nitrogen and oxygen atoms in total. The standard InChI is InChI=1S/C48H81NO3/c1-3-5-7-9-11-13-15-17-19-20-21-22-23-24-25-26-27-28-30-31-33-35-37-39-41-43-47(51)46(45-50)49-48(52)44-42-40-38-36-34-32-29-18-16-14-12-10-8-6-4-2/h6,8,12,14,18,27-29,33-36,40-43,46-47,50-51H,3-5,7,9-11,13,15-17,19-26,30-32,37-39,44-45H2,1-2H3,(H,49,52)/b8-6-,14-12-,28-27+,29-18-,35-33+,36-34-,42-40-,43-41+. The van der Waals surface area contributed by atoms with Crippen molar-refractivity contribution >= 4 is 5.91 Å². The van der Waals surface area contributed by atoms with Gasteiger partial charge in [-0.3, -0.25) is 4.79 Å². The minimum atomic E-state index is -0.916. The van der Waals surface area contributed by atoms with E-state index in [2.05, 4.69) is 92.1 Å². The Morgan fingerprint density at radius 3 is 1.31 bits per heavy atom. The molecule has 4 heteroatoms. The minimum absolute atomic E-state index is 0.209. The van der Waals surface area contributed by atoms with Crippen LogP contribution in [0.4, 0.5) is 0 Å². The van der Waals surface area contributed by atoms with Gasteiger partial charge >= 0.3 is 0 Å². The van der Waals surface area contributed by atoms with E-state index in [1.807, 2.05) is 18.2 Å². The third kappa shape index (κ3) is 38.5. The van der Waals surface area contributed by atoms with Crippen LogP contribution in [0.3, 0.4) is 0 Å². The largest absolute Gasteiger partial charge is 0.394 e. The summed E-state index contributed by atoms with van der Waals surface area (Å²) in [6.45, 7) is 4.12. The second-order valence-corrected chi connectivity index (χ2v) is 14.0. The van der Waals surface area contributed by atoms with Crippen molar-refractivity contribution < 1.29 is 15.0 Å². The Labute approximate surface area is 322 Å². The van der Waals surface area contributed by atoms with Crippen LogP contribution in [0.2, 0.25) is 0 Å². The van der Waals surface area contributed by atoms with E-state index in [0.29, 0.717) is 0 Å². The SMILES string of the molecule is CC/C=C\C/C=C\C/C=C\C/C=C\C/C=C\CC(=O)NC(CO)C(O)/C=C/CC/C=C/CC/C=C/CCCCCCCCCCCCCCCCC. The van der Waals surface area contributed by atoms with Gasteiger partial charge in [-0.05, 0) is 70.6 Å². The Hall–Kier alpha value is -2.69. The Morgan fingerprint density at radius 1 is 0.481 bits per heavy atom. The number of carbonyl (C=O) groups is 1. The Morgan fingerprint density at radius 2 is 0.865 bits per heavy atom. The number of nitrogens with one attached hydrogen (secondary N) is 1. The second-order valence-electron chi connectivity index (χ2n) is 14.0. The first-order valence-electron chi connectivity index (χ1n) is 21.5. The van der Waals surface area contributed by atoms with Gasteiger partial charge in [0.05, 0.1) is 18.8 Å². The maximum Gasteiger partial charge on any atom is 0.224 e. The van der Waals surface area contributed by atoms with Crippen LogP contribution in [-0.2, 0) is 4.79 Å². The van der Waals surface area contributed by atoms with Crippen LogP contribution in [-0.4, -0.2) is 34.9 Å². The molecule has 2 unspecified atom stereocenters. The Balaban J connectivity index is 3.76. The van der Waals surface area contributed by atoms with E-state index in [-0.39, 0.29) is 18.9 Å². The van der Waals surface area contributed by atoms with Gasteiger partial charge < -0.3 is 15.5 Å². The zero-order chi connectivity index (χ0) is 37.8. The highest BCUT2D eigenvalue weighted by Crippen LogP contribution is 2.14. The Kier molecular flexibility index (Phi) is 40.5. The van der Waals surface area contributed by atoms with E-state index in [1.54, 1.807) is 6.08 Å². The van der Waals surface area contributed by atoms with E-state index >= 15 is 0 Å². The lowest BCUT2D eigenvalue weighted by molar-refractivity contribution is -0.122. The van der Waals surface area contributed by atoms with Gasteiger partial charge in [0.15, 0.2) is 0 Å². The van der Waals surface area contributed by atoms with Crippen molar-refractivity contribution in [3.8, 4) is 0 Å². The van der Waals surface area contributed by atoms with Gasteiger partial charge in [0.1, 0.15) is 0 Å². The quantitative estimate of drug-likeness (QED) is 0.0442. The molecule has 2 atom stereocenters. The molecule has 0 fully saturated rings. The first-order valence-corrected chi connectivity index (χ1v) is 21.5. The summed E-state index contributed by atoms with van der Waals surface area (Å²) in [5.74, 6) is -0.209. The van der Waals surface area contributed by atoms with Gasteiger partial charge in [-0.15, -0.1) is 0 Å². The number of hydrogen-bond donors (Lipinski definition) is 3. The van der Waals surface area contributed by atoms with Crippen LogP contribution in [0.15, 0.2) is 97.2 Å². The fourth-order valence-electron chi connectivity index (χ4n) is 5.81. The van der Waals surface area contributed by atoms with Gasteiger partial charge in [0.25, 0.3) is 0 Å². The van der Waals surface area contributed by atoms with Crippen molar-refractivity contribution in [1.82, 2.24) is 5.32 Å². The summed E-state index contributed by atoms with van der Waals surface area (Å²) < 4.78 is 0. The molecule has 3 N–H and O–H groups in total. The zero-order valence-corrected chi connectivity index (χ0v) is 33.8. The van der Waals surface area contributed by atoms with Crippen molar-refractivity contribution in [2.75, 3.05) is 6.61 Å². The highest BCUT2D eigenvalue weighted by atomic mass is 16.3. The summed E-state index contributed by atoms with van der Waals surface area (Å²) in [4.78, 5) is 12.3. The van der Waals surface area contributed by atoms with Crippen molar-refractivity contribution in [2.45, 2.75) is 193 Å². The Bertz CT molecular complexity index is 999. The molecular weight excluding hydrogens is 639 g/mol. The van der Waals surface area contributed by atoms with Gasteiger partial charge in [-0.1, -0.05) is 201 Å². The number of unbranched alkanes of at least 4 members (excludes halogenated alkanes) is 17. The summed E-state index contributed by atoms with van der Waals surface area (Å²) in [6.07, 6.45) is 64.0. The maximum atomic E-state index is 12.3. The molecule has 0 bridgehead atoms. The number of carbonyl (C=O) groups excluding carboxylic acids is 1. The van der Waals surface area contributed by atoms with Gasteiger partial charge in [-0.2, -0.15) is 0 Å². The molecule has 0 aromatic heterocycles. The molecule has 0 aliphatic carbocycles. The van der Waals surface area contributed by atoms with Crippen molar-refractivity contribution in [3.63, 3.8) is 0 Å². The van der Waals surface area contributed by atoms with Gasteiger partial charge in [0.2, 0.25) is 5.91 Å². The second kappa shape index (κ2) is 42.7. The van der Waals surface area contributed by atoms with Crippen LogP contribution < -0.4 is 5.32 Å². The summed E-state index contributed by atoms with van der Waals surface area (Å²) >= 11 is 0. The predicted molar refractivity (Wildman–Crippen MR) is 230 cm³/mol. The molecule has 0 aliphatic rings. The first kappa shape index (κ1) is 49.3. The number of aliphatic hydroxyl groups is 2. The molecule has 0 aromatic carbocycles. The topological polar surface area (TPSA) is 69.6 Å². The molecule has 296 valence electrons. The van der Waals surface area contributed by atoms with E-state index in [4.69, 9.17) is 0 Å². The first-order chi connectivity index (χ1) is 25.7. The van der Waals surface area contributed by atoms with Gasteiger partial charge in [0, 0.05) is 6.42 Å². The molecule has 0 saturated heterocycles. The van der Waals surface area contributed by atoms with E-state index in [0.717, 1.165) is 57.8 Å². The predicted octanol–water partition coefficient (Wildman–Crippen LogP) is 13.5. The maximum absolute atomic E-state index is 12.3. The lowest BCUT2D eigenvalue weighted by Gasteiger charge is -2.19. The van der Waals surface area contributed by atoms with Gasteiger partial charge in [-0.25, -0.2) is 0 Å². The third-order valence-corrected chi connectivity index (χ3v) is 9.06.